The third kappa shape index (κ3) is 5.88. The van der Waals surface area contributed by atoms with Crippen molar-refractivity contribution in [1.82, 2.24) is 4.57 Å². The van der Waals surface area contributed by atoms with Gasteiger partial charge >= 0.3 is 0 Å². The second kappa shape index (κ2) is 12.9. The number of hydrogen-bond donors (Lipinski definition) is 0. The molecular weight excluding hydrogens is 665 g/mol. The van der Waals surface area contributed by atoms with E-state index in [2.05, 4.69) is 198 Å². The predicted octanol–water partition coefficient (Wildman–Crippen LogP) is 14.6. The zero-order valence-electron chi connectivity index (χ0n) is 32.4. The number of nitrogens with zero attached hydrogens (tertiary/aromatic N) is 2. The Kier molecular flexibility index (Phi) is 8.03. The van der Waals surface area contributed by atoms with Crippen LogP contribution in [0.5, 0.6) is 0 Å². The van der Waals surface area contributed by atoms with Crippen molar-refractivity contribution < 1.29 is 0 Å². The first kappa shape index (κ1) is 34.3. The lowest BCUT2D eigenvalue weighted by molar-refractivity contribution is 0.569. The van der Waals surface area contributed by atoms with Crippen LogP contribution in [0.25, 0.3) is 82.4 Å². The van der Waals surface area contributed by atoms with Gasteiger partial charge in [-0.2, -0.15) is 5.26 Å². The van der Waals surface area contributed by atoms with Crippen LogP contribution in [0.3, 0.4) is 0 Å². The minimum Gasteiger partial charge on any atom is -0.309 e. The van der Waals surface area contributed by atoms with Crippen molar-refractivity contribution in [3.8, 4) is 45.1 Å². The number of para-hydroxylation sites is 2. The second-order valence-corrected chi connectivity index (χ2v) is 17.0. The van der Waals surface area contributed by atoms with Crippen molar-refractivity contribution in [2.24, 2.45) is 0 Å². The van der Waals surface area contributed by atoms with Crippen LogP contribution in [0, 0.1) is 11.3 Å². The van der Waals surface area contributed by atoms with Crippen molar-refractivity contribution >= 4 is 43.4 Å². The van der Waals surface area contributed by atoms with Gasteiger partial charge in [0.25, 0.3) is 0 Å². The minimum atomic E-state index is 0.00621. The molecule has 55 heavy (non-hydrogen) atoms. The van der Waals surface area contributed by atoms with Crippen LogP contribution in [0.4, 0.5) is 0 Å². The molecule has 1 heterocycles. The first-order chi connectivity index (χ1) is 26.5. The zero-order chi connectivity index (χ0) is 38.1. The highest BCUT2D eigenvalue weighted by Gasteiger charge is 2.24. The fourth-order valence-electron chi connectivity index (χ4n) is 8.41. The maximum atomic E-state index is 10.3. The summed E-state index contributed by atoms with van der Waals surface area (Å²) in [4.78, 5) is 0. The Bertz CT molecular complexity index is 2870. The molecule has 8 aromatic carbocycles. The molecular formula is C53H44N2. The van der Waals surface area contributed by atoms with Crippen molar-refractivity contribution in [2.45, 2.75) is 52.4 Å². The van der Waals surface area contributed by atoms with E-state index >= 15 is 0 Å². The third-order valence-electron chi connectivity index (χ3n) is 11.3. The molecule has 0 radical (unpaired) electrons. The molecule has 2 nitrogen and oxygen atoms in total. The molecule has 0 atom stereocenters. The molecule has 1 aromatic heterocycles. The summed E-state index contributed by atoms with van der Waals surface area (Å²) in [5.74, 6) is 0. The Balaban J connectivity index is 1.27. The Labute approximate surface area is 323 Å². The Hall–Kier alpha value is -6.43. The lowest BCUT2D eigenvalue weighted by Gasteiger charge is -2.27. The molecule has 0 fully saturated rings. The highest BCUT2D eigenvalue weighted by Crippen LogP contribution is 2.46. The molecule has 0 saturated carbocycles. The van der Waals surface area contributed by atoms with Gasteiger partial charge < -0.3 is 4.57 Å². The van der Waals surface area contributed by atoms with Gasteiger partial charge in [-0.25, -0.2) is 0 Å². The standard InChI is InChI=1S/C53H44N2/c1-52(2,3)39-29-38(30-40(32-39)53(4,5)6)51-46-22-9-7-20-44(46)50(45-21-8-10-23-47(45)51)36-17-15-16-35(28-36)37-26-34(33-54)27-41(31-37)55-48-24-13-11-18-42(48)43-19-12-14-25-49(43)55/h7-32H,1-6H3. The summed E-state index contributed by atoms with van der Waals surface area (Å²) in [7, 11) is 0. The van der Waals surface area contributed by atoms with Crippen LogP contribution >= 0.6 is 0 Å². The largest absolute Gasteiger partial charge is 0.309 e. The van der Waals surface area contributed by atoms with Gasteiger partial charge in [0, 0.05) is 16.5 Å². The molecule has 0 aliphatic heterocycles. The summed E-state index contributed by atoms with van der Waals surface area (Å²) >= 11 is 0. The topological polar surface area (TPSA) is 28.7 Å². The number of rotatable bonds is 4. The molecule has 9 rings (SSSR count). The maximum absolute atomic E-state index is 10.3. The lowest BCUT2D eigenvalue weighted by atomic mass is 9.77. The summed E-state index contributed by atoms with van der Waals surface area (Å²) in [6.07, 6.45) is 0. The van der Waals surface area contributed by atoms with E-state index in [-0.39, 0.29) is 10.8 Å². The molecule has 0 aliphatic rings. The molecule has 0 N–H and O–H groups in total. The monoisotopic (exact) mass is 708 g/mol. The van der Waals surface area contributed by atoms with Gasteiger partial charge in [-0.1, -0.05) is 163 Å². The van der Waals surface area contributed by atoms with E-state index in [1.54, 1.807) is 0 Å². The fraction of sp³-hybridized carbons (Fsp3) is 0.151. The van der Waals surface area contributed by atoms with Crippen molar-refractivity contribution in [1.29, 1.82) is 5.26 Å². The van der Waals surface area contributed by atoms with Crippen molar-refractivity contribution in [3.63, 3.8) is 0 Å². The maximum Gasteiger partial charge on any atom is 0.0992 e. The van der Waals surface area contributed by atoms with E-state index in [9.17, 15) is 5.26 Å². The molecule has 0 saturated heterocycles. The van der Waals surface area contributed by atoms with E-state index in [1.165, 1.54) is 60.1 Å². The smallest absolute Gasteiger partial charge is 0.0992 e. The Morgan fingerprint density at radius 3 is 1.35 bits per heavy atom. The highest BCUT2D eigenvalue weighted by atomic mass is 15.0. The van der Waals surface area contributed by atoms with E-state index in [0.29, 0.717) is 5.56 Å². The SMILES string of the molecule is CC(C)(C)c1cc(-c2c3ccccc3c(-c3cccc(-c4cc(C#N)cc(-n5c6ccccc6c6ccccc65)c4)c3)c3ccccc23)cc(C(C)(C)C)c1. The van der Waals surface area contributed by atoms with Crippen molar-refractivity contribution in [2.75, 3.05) is 0 Å². The van der Waals surface area contributed by atoms with Gasteiger partial charge in [-0.15, -0.1) is 0 Å². The molecule has 266 valence electrons. The summed E-state index contributed by atoms with van der Waals surface area (Å²) in [5.41, 5.74) is 13.6. The number of nitriles is 1. The molecule has 0 aliphatic carbocycles. The summed E-state index contributed by atoms with van der Waals surface area (Å²) in [6.45, 7) is 13.9. The predicted molar refractivity (Wildman–Crippen MR) is 234 cm³/mol. The van der Waals surface area contributed by atoms with Crippen LogP contribution in [0.2, 0.25) is 0 Å². The number of aromatic nitrogens is 1. The Morgan fingerprint density at radius 1 is 0.400 bits per heavy atom. The average molecular weight is 709 g/mol. The van der Waals surface area contributed by atoms with Gasteiger partial charge in [0.15, 0.2) is 0 Å². The summed E-state index contributed by atoms with van der Waals surface area (Å²) in [5, 5.41) is 17.6. The molecule has 0 spiro atoms. The lowest BCUT2D eigenvalue weighted by Crippen LogP contribution is -2.16. The molecule has 2 heteroatoms. The minimum absolute atomic E-state index is 0.00621. The normalized spacial score (nSPS) is 12.2. The number of benzene rings is 8. The van der Waals surface area contributed by atoms with E-state index in [1.807, 2.05) is 12.1 Å². The third-order valence-corrected chi connectivity index (χ3v) is 11.3. The van der Waals surface area contributed by atoms with E-state index in [4.69, 9.17) is 0 Å². The van der Waals surface area contributed by atoms with Gasteiger partial charge in [0.1, 0.15) is 0 Å². The van der Waals surface area contributed by atoms with Crippen LogP contribution in [-0.4, -0.2) is 4.57 Å². The van der Waals surface area contributed by atoms with E-state index < -0.39 is 0 Å². The number of fused-ring (bicyclic) bond motifs is 5. The van der Waals surface area contributed by atoms with Gasteiger partial charge in [-0.3, -0.25) is 0 Å². The highest BCUT2D eigenvalue weighted by molar-refractivity contribution is 6.21. The van der Waals surface area contributed by atoms with Gasteiger partial charge in [0.2, 0.25) is 0 Å². The van der Waals surface area contributed by atoms with Crippen LogP contribution in [0.15, 0.2) is 158 Å². The van der Waals surface area contributed by atoms with E-state index in [0.717, 1.165) is 33.4 Å². The molecule has 0 bridgehead atoms. The molecule has 0 unspecified atom stereocenters. The second-order valence-electron chi connectivity index (χ2n) is 17.0. The molecule has 9 aromatic rings. The van der Waals surface area contributed by atoms with Gasteiger partial charge in [-0.05, 0) is 113 Å². The van der Waals surface area contributed by atoms with Crippen molar-refractivity contribution in [3.05, 3.63) is 174 Å². The average Bonchev–Trinajstić information content (AvgIpc) is 3.53. The quantitative estimate of drug-likeness (QED) is 0.167. The number of hydrogen-bond acceptors (Lipinski definition) is 1. The fourth-order valence-corrected chi connectivity index (χ4v) is 8.41. The van der Waals surface area contributed by atoms with Crippen LogP contribution in [-0.2, 0) is 10.8 Å². The first-order valence-corrected chi connectivity index (χ1v) is 19.2. The molecule has 0 amide bonds. The van der Waals surface area contributed by atoms with Crippen LogP contribution < -0.4 is 0 Å². The zero-order valence-corrected chi connectivity index (χ0v) is 32.4. The first-order valence-electron chi connectivity index (χ1n) is 19.2. The van der Waals surface area contributed by atoms with Crippen LogP contribution in [0.1, 0.15) is 58.2 Å². The Morgan fingerprint density at radius 2 is 0.855 bits per heavy atom. The van der Waals surface area contributed by atoms with Gasteiger partial charge in [0.05, 0.1) is 22.7 Å². The summed E-state index contributed by atoms with van der Waals surface area (Å²) < 4.78 is 2.29. The summed E-state index contributed by atoms with van der Waals surface area (Å²) in [6, 6.07) is 59.7.